The maximum atomic E-state index is 6.12. The van der Waals surface area contributed by atoms with E-state index in [9.17, 15) is 0 Å². The zero-order chi connectivity index (χ0) is 26.5. The minimum absolute atomic E-state index is 0.329. The van der Waals surface area contributed by atoms with Crippen molar-refractivity contribution >= 4 is 62.2 Å². The normalized spacial score (nSPS) is 19.7. The van der Waals surface area contributed by atoms with E-state index in [1.165, 1.54) is 12.8 Å². The van der Waals surface area contributed by atoms with E-state index in [1.54, 1.807) is 0 Å². The first kappa shape index (κ1) is 25.5. The van der Waals surface area contributed by atoms with Crippen molar-refractivity contribution in [3.63, 3.8) is 0 Å². The highest BCUT2D eigenvalue weighted by atomic mass is 79.9. The second-order valence-electron chi connectivity index (χ2n) is 11.1. The smallest absolute Gasteiger partial charge is 0.399 e. The molecule has 0 aliphatic carbocycles. The summed E-state index contributed by atoms with van der Waals surface area (Å²) in [5.41, 5.74) is 2.32. The highest BCUT2D eigenvalue weighted by molar-refractivity contribution is 9.10. The Morgan fingerprint density at radius 3 is 1.74 bits per heavy atom. The zero-order valence-electron chi connectivity index (χ0n) is 22.3. The Bertz CT molecular complexity index is 1480. The molecule has 3 aliphatic rings. The maximum absolute atomic E-state index is 6.12. The molecule has 5 heterocycles. The molecule has 7 rings (SSSR count). The van der Waals surface area contributed by atoms with Crippen molar-refractivity contribution < 1.29 is 9.31 Å². The van der Waals surface area contributed by atoms with Gasteiger partial charge in [-0.3, -0.25) is 0 Å². The molecule has 0 unspecified atom stereocenters. The molecule has 0 amide bonds. The molecule has 0 atom stereocenters. The molecule has 0 spiro atoms. The fraction of sp³-hybridized carbons (Fsp3) is 0.429. The van der Waals surface area contributed by atoms with Gasteiger partial charge in [0, 0.05) is 53.8 Å². The molecule has 3 fully saturated rings. The first-order valence-corrected chi connectivity index (χ1v) is 14.0. The number of hydrogen-bond acceptors (Lipinski definition) is 8. The molecule has 4 aromatic rings. The van der Waals surface area contributed by atoms with Crippen LogP contribution < -0.4 is 15.3 Å². The van der Waals surface area contributed by atoms with E-state index in [4.69, 9.17) is 9.31 Å². The molecule has 0 radical (unpaired) electrons. The second-order valence-corrected chi connectivity index (χ2v) is 12.0. The molecule has 3 aliphatic heterocycles. The average Bonchev–Trinajstić information content (AvgIpc) is 3.04. The number of halogens is 1. The van der Waals surface area contributed by atoms with Gasteiger partial charge < -0.3 is 19.1 Å². The van der Waals surface area contributed by atoms with E-state index < -0.39 is 0 Å². The Morgan fingerprint density at radius 2 is 1.24 bits per heavy atom. The number of nitrogens with zero attached hydrogens (tertiary/aromatic N) is 6. The number of fused-ring (bicyclic) bond motifs is 2. The van der Waals surface area contributed by atoms with E-state index in [0.29, 0.717) is 0 Å². The van der Waals surface area contributed by atoms with Crippen LogP contribution in [0.5, 0.6) is 0 Å². The Balaban J connectivity index is 0.000000152. The van der Waals surface area contributed by atoms with E-state index in [2.05, 4.69) is 79.4 Å². The van der Waals surface area contributed by atoms with Crippen molar-refractivity contribution in [1.82, 2.24) is 19.9 Å². The number of aromatic nitrogens is 4. The van der Waals surface area contributed by atoms with Gasteiger partial charge in [-0.05, 0) is 70.3 Å². The lowest BCUT2D eigenvalue weighted by atomic mass is 9.78. The van der Waals surface area contributed by atoms with Gasteiger partial charge >= 0.3 is 7.12 Å². The second kappa shape index (κ2) is 9.74. The summed E-state index contributed by atoms with van der Waals surface area (Å²) >= 11 is 3.44. The first-order valence-electron chi connectivity index (χ1n) is 13.2. The van der Waals surface area contributed by atoms with Gasteiger partial charge in [-0.2, -0.15) is 0 Å². The molecule has 0 bridgehead atoms. The summed E-state index contributed by atoms with van der Waals surface area (Å²) in [7, 11) is -0.348. The van der Waals surface area contributed by atoms with E-state index in [1.807, 2.05) is 42.7 Å². The topological polar surface area (TPSA) is 76.5 Å². The quantitative estimate of drug-likeness (QED) is 0.325. The SMILES string of the molecule is Brc1ccc2nc(N3CCC3)ncc2c1.CC1(C)OB(c2ccc3nc(N4CCC4)ncc3c2)OC1(C)C. The number of benzene rings is 2. The van der Waals surface area contributed by atoms with Gasteiger partial charge in [0.2, 0.25) is 11.9 Å². The van der Waals surface area contributed by atoms with Crippen molar-refractivity contribution in [3.8, 4) is 0 Å². The van der Waals surface area contributed by atoms with Gasteiger partial charge in [0.05, 0.1) is 22.2 Å². The van der Waals surface area contributed by atoms with Gasteiger partial charge in [0.15, 0.2) is 0 Å². The van der Waals surface area contributed by atoms with Crippen LogP contribution in [0.15, 0.2) is 53.3 Å². The Labute approximate surface area is 232 Å². The molecule has 8 nitrogen and oxygen atoms in total. The minimum Gasteiger partial charge on any atom is -0.399 e. The Kier molecular flexibility index (Phi) is 6.52. The molecular formula is C28H32BBrN6O2. The molecule has 2 aromatic heterocycles. The molecule has 10 heteroatoms. The summed E-state index contributed by atoms with van der Waals surface area (Å²) in [6.45, 7) is 12.5. The third-order valence-corrected chi connectivity index (χ3v) is 8.42. The summed E-state index contributed by atoms with van der Waals surface area (Å²) < 4.78 is 13.3. The van der Waals surface area contributed by atoms with Crippen LogP contribution in [0.3, 0.4) is 0 Å². The van der Waals surface area contributed by atoms with Crippen LogP contribution in [0.4, 0.5) is 11.9 Å². The van der Waals surface area contributed by atoms with Crippen LogP contribution in [0, 0.1) is 0 Å². The molecule has 0 N–H and O–H groups in total. The minimum atomic E-state index is -0.348. The third kappa shape index (κ3) is 4.85. The summed E-state index contributed by atoms with van der Waals surface area (Å²) in [5.74, 6) is 1.68. The van der Waals surface area contributed by atoms with Crippen molar-refractivity contribution in [1.29, 1.82) is 0 Å². The van der Waals surface area contributed by atoms with Crippen LogP contribution in [-0.2, 0) is 9.31 Å². The average molecular weight is 575 g/mol. The monoisotopic (exact) mass is 574 g/mol. The van der Waals surface area contributed by atoms with Crippen LogP contribution in [0.25, 0.3) is 21.8 Å². The molecule has 196 valence electrons. The Morgan fingerprint density at radius 1 is 0.737 bits per heavy atom. The van der Waals surface area contributed by atoms with Gasteiger partial charge in [0.25, 0.3) is 0 Å². The third-order valence-electron chi connectivity index (χ3n) is 7.92. The van der Waals surface area contributed by atoms with E-state index in [-0.39, 0.29) is 18.3 Å². The largest absolute Gasteiger partial charge is 0.494 e. The molecule has 3 saturated heterocycles. The number of rotatable bonds is 3. The standard InChI is InChI=1S/C17H22BN3O2.C11H10BrN3/c1-16(2)17(3,4)23-18(22-16)13-6-7-14-12(10-13)11-19-15(20-14)21-8-5-9-21;12-9-2-3-10-8(6-9)7-13-11(14-10)15-4-1-5-15/h6-7,10-11H,5,8-9H2,1-4H3;2-3,6-7H,1,4-5H2. The van der Waals surface area contributed by atoms with Crippen LogP contribution in [-0.4, -0.2) is 64.4 Å². The lowest BCUT2D eigenvalue weighted by Crippen LogP contribution is -2.41. The number of anilines is 2. The fourth-order valence-corrected chi connectivity index (χ4v) is 4.88. The maximum Gasteiger partial charge on any atom is 0.494 e. The summed E-state index contributed by atoms with van der Waals surface area (Å²) in [4.78, 5) is 22.4. The molecule has 38 heavy (non-hydrogen) atoms. The van der Waals surface area contributed by atoms with Gasteiger partial charge in [-0.15, -0.1) is 0 Å². The zero-order valence-corrected chi connectivity index (χ0v) is 23.9. The summed E-state index contributed by atoms with van der Waals surface area (Å²) in [6, 6.07) is 12.2. The lowest BCUT2D eigenvalue weighted by molar-refractivity contribution is 0.00578. The lowest BCUT2D eigenvalue weighted by Gasteiger charge is -2.32. The highest BCUT2D eigenvalue weighted by Crippen LogP contribution is 2.36. The summed E-state index contributed by atoms with van der Waals surface area (Å²) in [6.07, 6.45) is 6.26. The van der Waals surface area contributed by atoms with Crippen molar-refractivity contribution in [3.05, 3.63) is 53.3 Å². The van der Waals surface area contributed by atoms with E-state index >= 15 is 0 Å². The van der Waals surface area contributed by atoms with Crippen LogP contribution >= 0.6 is 15.9 Å². The molecule has 2 aromatic carbocycles. The van der Waals surface area contributed by atoms with Gasteiger partial charge in [-0.25, -0.2) is 19.9 Å². The first-order chi connectivity index (χ1) is 18.2. The van der Waals surface area contributed by atoms with Crippen molar-refractivity contribution in [2.24, 2.45) is 0 Å². The van der Waals surface area contributed by atoms with Crippen LogP contribution in [0.1, 0.15) is 40.5 Å². The predicted octanol–water partition coefficient (Wildman–Crippen LogP) is 4.74. The molecule has 0 saturated carbocycles. The van der Waals surface area contributed by atoms with Crippen LogP contribution in [0.2, 0.25) is 0 Å². The van der Waals surface area contributed by atoms with Gasteiger partial charge in [-0.1, -0.05) is 28.1 Å². The molecular weight excluding hydrogens is 543 g/mol. The Hall–Kier alpha value is -2.82. The van der Waals surface area contributed by atoms with Gasteiger partial charge in [0.1, 0.15) is 0 Å². The predicted molar refractivity (Wildman–Crippen MR) is 156 cm³/mol. The number of hydrogen-bond donors (Lipinski definition) is 0. The summed E-state index contributed by atoms with van der Waals surface area (Å²) in [5, 5.41) is 2.09. The fourth-order valence-electron chi connectivity index (χ4n) is 4.50. The van der Waals surface area contributed by atoms with Crippen molar-refractivity contribution in [2.75, 3.05) is 36.0 Å². The van der Waals surface area contributed by atoms with E-state index in [0.717, 1.165) is 69.8 Å². The van der Waals surface area contributed by atoms with Crippen molar-refractivity contribution in [2.45, 2.75) is 51.7 Å². The highest BCUT2D eigenvalue weighted by Gasteiger charge is 2.51.